The molecule has 0 atom stereocenters. The molecule has 2 amide bonds. The molecule has 2 N–H and O–H groups in total. The number of pyridine rings is 1. The monoisotopic (exact) mass is 378 g/mol. The molecule has 0 radical (unpaired) electrons. The van der Waals surface area contributed by atoms with Crippen LogP contribution in [0.15, 0.2) is 60.8 Å². The van der Waals surface area contributed by atoms with Crippen molar-refractivity contribution < 1.29 is 14.3 Å². The van der Waals surface area contributed by atoms with Crippen LogP contribution in [-0.4, -0.2) is 48.9 Å². The van der Waals surface area contributed by atoms with Gasteiger partial charge in [-0.15, -0.1) is 0 Å². The summed E-state index contributed by atoms with van der Waals surface area (Å²) >= 11 is 0. The number of amides is 2. The van der Waals surface area contributed by atoms with Gasteiger partial charge in [0, 0.05) is 23.3 Å². The first-order valence-electron chi connectivity index (χ1n) is 8.81. The molecule has 7 heteroatoms. The maximum Gasteiger partial charge on any atom is 0.238 e. The third kappa shape index (κ3) is 5.05. The van der Waals surface area contributed by atoms with E-state index in [1.54, 1.807) is 49.5 Å². The molecule has 28 heavy (non-hydrogen) atoms. The van der Waals surface area contributed by atoms with Crippen molar-refractivity contribution in [2.75, 3.05) is 37.9 Å². The van der Waals surface area contributed by atoms with Gasteiger partial charge in [0.25, 0.3) is 0 Å². The lowest BCUT2D eigenvalue weighted by atomic mass is 10.2. The normalized spacial score (nSPS) is 10.7. The molecule has 3 rings (SSSR count). The fourth-order valence-corrected chi connectivity index (χ4v) is 2.85. The van der Waals surface area contributed by atoms with Gasteiger partial charge in [-0.3, -0.25) is 19.5 Å². The number of anilines is 2. The maximum atomic E-state index is 12.4. The molecular formula is C21H22N4O3. The van der Waals surface area contributed by atoms with Crippen LogP contribution in [0.5, 0.6) is 5.75 Å². The van der Waals surface area contributed by atoms with Gasteiger partial charge in [-0.2, -0.15) is 0 Å². The Labute approximate surface area is 163 Å². The van der Waals surface area contributed by atoms with E-state index in [0.717, 1.165) is 10.9 Å². The number of hydrogen-bond acceptors (Lipinski definition) is 5. The molecule has 0 aliphatic heterocycles. The largest absolute Gasteiger partial charge is 0.497 e. The Kier molecular flexibility index (Phi) is 6.18. The summed E-state index contributed by atoms with van der Waals surface area (Å²) in [5.74, 6) is 0.251. The number of rotatable bonds is 7. The molecule has 7 nitrogen and oxygen atoms in total. The smallest absolute Gasteiger partial charge is 0.238 e. The number of aromatic nitrogens is 1. The van der Waals surface area contributed by atoms with E-state index < -0.39 is 0 Å². The second kappa shape index (κ2) is 8.96. The Morgan fingerprint density at radius 1 is 1.00 bits per heavy atom. The number of fused-ring (bicyclic) bond motifs is 1. The lowest BCUT2D eigenvalue weighted by Crippen LogP contribution is -2.36. The predicted octanol–water partition coefficient (Wildman–Crippen LogP) is 2.75. The van der Waals surface area contributed by atoms with Crippen molar-refractivity contribution in [2.24, 2.45) is 0 Å². The van der Waals surface area contributed by atoms with E-state index in [9.17, 15) is 9.59 Å². The van der Waals surface area contributed by atoms with Crippen LogP contribution >= 0.6 is 0 Å². The summed E-state index contributed by atoms with van der Waals surface area (Å²) in [5, 5.41) is 6.55. The summed E-state index contributed by atoms with van der Waals surface area (Å²) < 4.78 is 5.14. The number of likely N-dealkylation sites (N-methyl/N-ethyl adjacent to an activating group) is 1. The molecular weight excluding hydrogens is 356 g/mol. The van der Waals surface area contributed by atoms with Crippen LogP contribution in [0, 0.1) is 0 Å². The van der Waals surface area contributed by atoms with Crippen LogP contribution in [-0.2, 0) is 9.59 Å². The molecule has 0 aliphatic carbocycles. The number of hydrogen-bond donors (Lipinski definition) is 2. The van der Waals surface area contributed by atoms with Crippen molar-refractivity contribution >= 4 is 34.1 Å². The summed E-state index contributed by atoms with van der Waals surface area (Å²) in [4.78, 5) is 30.5. The van der Waals surface area contributed by atoms with E-state index in [1.165, 1.54) is 0 Å². The van der Waals surface area contributed by atoms with Crippen molar-refractivity contribution in [3.63, 3.8) is 0 Å². The molecule has 1 aromatic heterocycles. The fraction of sp³-hybridized carbons (Fsp3) is 0.190. The van der Waals surface area contributed by atoms with E-state index in [-0.39, 0.29) is 24.9 Å². The lowest BCUT2D eigenvalue weighted by molar-refractivity contribution is -0.119. The molecule has 0 unspecified atom stereocenters. The standard InChI is InChI=1S/C21H22N4O3/c1-25(13-20(26)23-15-6-3-7-16(12-15)28-2)14-21(27)24-19-10-4-9-18-17(19)8-5-11-22-18/h3-12H,13-14H2,1-2H3,(H,23,26)(H,24,27). The lowest BCUT2D eigenvalue weighted by Gasteiger charge is -2.16. The Balaban J connectivity index is 1.54. The zero-order chi connectivity index (χ0) is 19.9. The Morgan fingerprint density at radius 3 is 2.54 bits per heavy atom. The van der Waals surface area contributed by atoms with Crippen molar-refractivity contribution in [1.82, 2.24) is 9.88 Å². The first-order chi connectivity index (χ1) is 13.5. The van der Waals surface area contributed by atoms with Gasteiger partial charge in [-0.05, 0) is 43.4 Å². The van der Waals surface area contributed by atoms with Gasteiger partial charge in [0.1, 0.15) is 5.75 Å². The van der Waals surface area contributed by atoms with Crippen molar-refractivity contribution in [2.45, 2.75) is 0 Å². The summed E-state index contributed by atoms with van der Waals surface area (Å²) in [6.07, 6.45) is 1.71. The Morgan fingerprint density at radius 2 is 1.75 bits per heavy atom. The van der Waals surface area contributed by atoms with Gasteiger partial charge in [0.2, 0.25) is 11.8 Å². The highest BCUT2D eigenvalue weighted by Gasteiger charge is 2.12. The van der Waals surface area contributed by atoms with Crippen LogP contribution in [0.2, 0.25) is 0 Å². The average molecular weight is 378 g/mol. The molecule has 0 saturated carbocycles. The summed E-state index contributed by atoms with van der Waals surface area (Å²) in [5.41, 5.74) is 2.15. The Hall–Kier alpha value is -3.45. The molecule has 0 saturated heterocycles. The van der Waals surface area contributed by atoms with Crippen LogP contribution < -0.4 is 15.4 Å². The first kappa shape index (κ1) is 19.3. The molecule has 0 fully saturated rings. The number of carbonyl (C=O) groups is 2. The molecule has 144 valence electrons. The third-order valence-corrected chi connectivity index (χ3v) is 4.10. The highest BCUT2D eigenvalue weighted by Crippen LogP contribution is 2.21. The van der Waals surface area contributed by atoms with E-state index in [2.05, 4.69) is 15.6 Å². The summed E-state index contributed by atoms with van der Waals surface area (Å²) in [7, 11) is 3.29. The number of methoxy groups -OCH3 is 1. The van der Waals surface area contributed by atoms with E-state index in [1.807, 2.05) is 30.3 Å². The molecule has 0 aliphatic rings. The number of carbonyl (C=O) groups excluding carboxylic acids is 2. The molecule has 0 spiro atoms. The van der Waals surface area contributed by atoms with Gasteiger partial charge < -0.3 is 15.4 Å². The van der Waals surface area contributed by atoms with Gasteiger partial charge in [-0.25, -0.2) is 0 Å². The van der Waals surface area contributed by atoms with Crippen molar-refractivity contribution in [3.05, 3.63) is 60.8 Å². The van der Waals surface area contributed by atoms with Crippen LogP contribution in [0.1, 0.15) is 0 Å². The summed E-state index contributed by atoms with van der Waals surface area (Å²) in [6.45, 7) is 0.171. The topological polar surface area (TPSA) is 83.6 Å². The minimum atomic E-state index is -0.210. The maximum absolute atomic E-state index is 12.4. The van der Waals surface area contributed by atoms with Gasteiger partial charge in [-0.1, -0.05) is 12.1 Å². The first-order valence-corrected chi connectivity index (χ1v) is 8.81. The number of ether oxygens (including phenoxy) is 1. The fourth-order valence-electron chi connectivity index (χ4n) is 2.85. The second-order valence-corrected chi connectivity index (χ2v) is 6.38. The number of nitrogens with one attached hydrogen (secondary N) is 2. The van der Waals surface area contributed by atoms with Crippen molar-refractivity contribution in [3.8, 4) is 5.75 Å². The van der Waals surface area contributed by atoms with Gasteiger partial charge in [0.05, 0.1) is 31.4 Å². The van der Waals surface area contributed by atoms with E-state index in [4.69, 9.17) is 4.74 Å². The molecule has 0 bridgehead atoms. The second-order valence-electron chi connectivity index (χ2n) is 6.38. The molecule has 2 aromatic carbocycles. The minimum Gasteiger partial charge on any atom is -0.497 e. The molecule has 1 heterocycles. The van der Waals surface area contributed by atoms with Gasteiger partial charge in [0.15, 0.2) is 0 Å². The zero-order valence-electron chi connectivity index (χ0n) is 15.8. The van der Waals surface area contributed by atoms with Crippen LogP contribution in [0.3, 0.4) is 0 Å². The van der Waals surface area contributed by atoms with Crippen LogP contribution in [0.25, 0.3) is 10.9 Å². The highest BCUT2D eigenvalue weighted by molar-refractivity contribution is 6.01. The zero-order valence-corrected chi connectivity index (χ0v) is 15.8. The third-order valence-electron chi connectivity index (χ3n) is 4.10. The quantitative estimate of drug-likeness (QED) is 0.661. The summed E-state index contributed by atoms with van der Waals surface area (Å²) in [6, 6.07) is 16.4. The SMILES string of the molecule is COc1cccc(NC(=O)CN(C)CC(=O)Nc2cccc3ncccc23)c1. The minimum absolute atomic E-state index is 0.0850. The molecule has 3 aromatic rings. The highest BCUT2D eigenvalue weighted by atomic mass is 16.5. The predicted molar refractivity (Wildman–Crippen MR) is 109 cm³/mol. The average Bonchev–Trinajstić information content (AvgIpc) is 2.68. The number of benzene rings is 2. The van der Waals surface area contributed by atoms with E-state index >= 15 is 0 Å². The van der Waals surface area contributed by atoms with Gasteiger partial charge >= 0.3 is 0 Å². The number of nitrogens with zero attached hydrogens (tertiary/aromatic N) is 2. The van der Waals surface area contributed by atoms with E-state index in [0.29, 0.717) is 17.1 Å². The van der Waals surface area contributed by atoms with Crippen LogP contribution in [0.4, 0.5) is 11.4 Å². The Bertz CT molecular complexity index is 985. The van der Waals surface area contributed by atoms with Crippen molar-refractivity contribution in [1.29, 1.82) is 0 Å².